The normalized spacial score (nSPS) is 59.6. The summed E-state index contributed by atoms with van der Waals surface area (Å²) in [6.45, 7) is 9.82. The molecule has 5 fully saturated rings. The van der Waals surface area contributed by atoms with E-state index >= 15 is 0 Å². The van der Waals surface area contributed by atoms with Gasteiger partial charge in [0.15, 0.2) is 0 Å². The van der Waals surface area contributed by atoms with Crippen molar-refractivity contribution in [3.8, 4) is 0 Å². The van der Waals surface area contributed by atoms with Crippen LogP contribution in [0.5, 0.6) is 0 Å². The maximum atomic E-state index is 10.4. The number of rotatable bonds is 3. The highest BCUT2D eigenvalue weighted by Crippen LogP contribution is 2.72. The molecule has 0 amide bonds. The topological polar surface area (TPSA) is 38.7 Å². The van der Waals surface area contributed by atoms with Crippen molar-refractivity contribution in [3.05, 3.63) is 24.3 Å². The first-order chi connectivity index (χ1) is 14.2. The van der Waals surface area contributed by atoms with Crippen LogP contribution in [0.4, 0.5) is 0 Å². The average Bonchev–Trinajstić information content (AvgIpc) is 3.30. The summed E-state index contributed by atoms with van der Waals surface area (Å²) in [4.78, 5) is 12.7. The van der Waals surface area contributed by atoms with E-state index in [1.54, 1.807) is 0 Å². The fraction of sp³-hybridized carbons (Fsp3) is 0.852. The lowest BCUT2D eigenvalue weighted by Gasteiger charge is -2.69. The Balaban J connectivity index is 1.32. The Morgan fingerprint density at radius 2 is 1.83 bits per heavy atom. The van der Waals surface area contributed by atoms with Crippen molar-refractivity contribution >= 4 is 0 Å². The average molecular weight is 413 g/mol. The van der Waals surface area contributed by atoms with Crippen LogP contribution in [0.15, 0.2) is 24.3 Å². The van der Waals surface area contributed by atoms with Crippen LogP contribution in [-0.4, -0.2) is 22.4 Å². The second-order valence-corrected chi connectivity index (χ2v) is 12.5. The molecule has 7 aliphatic rings. The van der Waals surface area contributed by atoms with E-state index < -0.39 is 5.60 Å². The molecule has 3 nitrogen and oxygen atoms in total. The zero-order chi connectivity index (χ0) is 20.9. The van der Waals surface area contributed by atoms with Gasteiger partial charge in [-0.25, -0.2) is 9.78 Å². The highest BCUT2D eigenvalue weighted by atomic mass is 17.2. The molecule has 0 aromatic carbocycles. The minimum Gasteiger partial charge on any atom is -0.393 e. The quantitative estimate of drug-likeness (QED) is 0.468. The Hall–Kier alpha value is -0.640. The van der Waals surface area contributed by atoms with Gasteiger partial charge in [0, 0.05) is 23.7 Å². The van der Waals surface area contributed by atoms with Crippen molar-refractivity contribution in [3.63, 3.8) is 0 Å². The van der Waals surface area contributed by atoms with Gasteiger partial charge in [-0.05, 0) is 80.1 Å². The molecule has 11 atom stereocenters. The van der Waals surface area contributed by atoms with Gasteiger partial charge in [-0.1, -0.05) is 45.9 Å². The van der Waals surface area contributed by atoms with Crippen molar-refractivity contribution < 1.29 is 14.9 Å². The molecular formula is C27H40O3. The highest BCUT2D eigenvalue weighted by molar-refractivity contribution is 5.33. The fourth-order valence-electron chi connectivity index (χ4n) is 9.07. The van der Waals surface area contributed by atoms with Crippen LogP contribution >= 0.6 is 0 Å². The van der Waals surface area contributed by atoms with Gasteiger partial charge in [0.1, 0.15) is 11.2 Å². The molecule has 2 aliphatic heterocycles. The third kappa shape index (κ3) is 2.38. The SMILES string of the molecule is C[C@H](/C=C/[C@@H]1C[C@@H]1C)[C@H]1CC[C@@H]2[C@]1(C)CC[C@H]1[C@]23C=C[C@]2(C[C@@H](O)CC[C@]12C)OO3. The lowest BCUT2D eigenvalue weighted by Crippen LogP contribution is -2.73. The van der Waals surface area contributed by atoms with Gasteiger partial charge in [0.05, 0.1) is 6.10 Å². The Kier molecular flexibility index (Phi) is 4.16. The monoisotopic (exact) mass is 412 g/mol. The van der Waals surface area contributed by atoms with Crippen LogP contribution in [0, 0.1) is 46.3 Å². The summed E-state index contributed by atoms with van der Waals surface area (Å²) in [5.74, 6) is 4.13. The van der Waals surface area contributed by atoms with Gasteiger partial charge in [-0.15, -0.1) is 0 Å². The molecule has 1 N–H and O–H groups in total. The molecule has 166 valence electrons. The molecule has 30 heavy (non-hydrogen) atoms. The largest absolute Gasteiger partial charge is 0.393 e. The van der Waals surface area contributed by atoms with E-state index in [0.717, 1.165) is 30.6 Å². The number of aliphatic hydroxyl groups is 1. The molecule has 5 aliphatic carbocycles. The molecule has 1 saturated heterocycles. The number of allylic oxidation sites excluding steroid dienone is 2. The predicted molar refractivity (Wildman–Crippen MR) is 117 cm³/mol. The molecule has 2 bridgehead atoms. The molecule has 3 heteroatoms. The van der Waals surface area contributed by atoms with E-state index in [9.17, 15) is 5.11 Å². The Labute approximate surface area is 182 Å². The van der Waals surface area contributed by atoms with Crippen molar-refractivity contribution in [1.29, 1.82) is 0 Å². The maximum Gasteiger partial charge on any atom is 0.130 e. The number of fused-ring (bicyclic) bond motifs is 2. The first-order valence-corrected chi connectivity index (χ1v) is 12.7. The first kappa shape index (κ1) is 20.0. The van der Waals surface area contributed by atoms with E-state index in [1.165, 1.54) is 32.1 Å². The van der Waals surface area contributed by atoms with Gasteiger partial charge in [0.2, 0.25) is 0 Å². The molecule has 0 aromatic heterocycles. The third-order valence-corrected chi connectivity index (χ3v) is 11.2. The van der Waals surface area contributed by atoms with E-state index in [2.05, 4.69) is 52.0 Å². The van der Waals surface area contributed by atoms with Gasteiger partial charge in [0.25, 0.3) is 0 Å². The lowest BCUT2D eigenvalue weighted by atomic mass is 9.43. The highest BCUT2D eigenvalue weighted by Gasteiger charge is 2.74. The minimum atomic E-state index is -0.431. The standard InChI is InChI=1S/C27H40O3/c1-17(5-6-19-15-18(19)2)21-7-8-22-24(21,3)11-10-23-25(4)12-9-20(28)16-26(25)13-14-27(22,23)30-29-26/h5-6,13-14,17-23,28H,7-12,15-16H2,1-4H3/b6-5+/t17-,18+,19-,20+,21-,22-,23-,24-,25-,26-,27+/m1/s1. The van der Waals surface area contributed by atoms with Crippen LogP contribution < -0.4 is 0 Å². The first-order valence-electron chi connectivity index (χ1n) is 12.7. The van der Waals surface area contributed by atoms with Gasteiger partial charge >= 0.3 is 0 Å². The molecule has 2 heterocycles. The molecular weight excluding hydrogens is 372 g/mol. The fourth-order valence-corrected chi connectivity index (χ4v) is 9.07. The molecule has 4 saturated carbocycles. The van der Waals surface area contributed by atoms with Crippen LogP contribution in [0.1, 0.15) is 79.1 Å². The van der Waals surface area contributed by atoms with Crippen LogP contribution in [-0.2, 0) is 9.78 Å². The molecule has 0 unspecified atom stereocenters. The van der Waals surface area contributed by atoms with Crippen molar-refractivity contribution in [2.75, 3.05) is 0 Å². The lowest BCUT2D eigenvalue weighted by molar-refractivity contribution is -0.497. The minimum absolute atomic E-state index is 0.0757. The maximum absolute atomic E-state index is 10.4. The van der Waals surface area contributed by atoms with Crippen molar-refractivity contribution in [1.82, 2.24) is 0 Å². The summed E-state index contributed by atoms with van der Waals surface area (Å²) in [6.07, 6.45) is 18.6. The third-order valence-electron chi connectivity index (χ3n) is 11.2. The Morgan fingerprint density at radius 3 is 2.53 bits per heavy atom. The molecule has 0 aromatic rings. The summed E-state index contributed by atoms with van der Waals surface area (Å²) in [5, 5.41) is 10.4. The molecule has 0 radical (unpaired) electrons. The summed E-state index contributed by atoms with van der Waals surface area (Å²) in [6, 6.07) is 0. The summed E-state index contributed by atoms with van der Waals surface area (Å²) >= 11 is 0. The summed E-state index contributed by atoms with van der Waals surface area (Å²) in [7, 11) is 0. The van der Waals surface area contributed by atoms with Crippen molar-refractivity contribution in [2.45, 2.75) is 96.4 Å². The van der Waals surface area contributed by atoms with Crippen molar-refractivity contribution in [2.24, 2.45) is 46.3 Å². The number of hydrogen-bond acceptors (Lipinski definition) is 3. The molecule has 7 rings (SSSR count). The Bertz CT molecular complexity index is 789. The predicted octanol–water partition coefficient (Wildman–Crippen LogP) is 5.84. The van der Waals surface area contributed by atoms with E-state index in [0.29, 0.717) is 29.6 Å². The van der Waals surface area contributed by atoms with Crippen LogP contribution in [0.3, 0.4) is 0 Å². The summed E-state index contributed by atoms with van der Waals surface area (Å²) in [5.41, 5.74) is -0.313. The number of aliphatic hydroxyl groups excluding tert-OH is 1. The van der Waals surface area contributed by atoms with Gasteiger partial charge in [-0.3, -0.25) is 0 Å². The van der Waals surface area contributed by atoms with E-state index in [1.807, 2.05) is 0 Å². The van der Waals surface area contributed by atoms with E-state index in [4.69, 9.17) is 9.78 Å². The van der Waals surface area contributed by atoms with Crippen LogP contribution in [0.25, 0.3) is 0 Å². The van der Waals surface area contributed by atoms with Crippen LogP contribution in [0.2, 0.25) is 0 Å². The number of hydrogen-bond donors (Lipinski definition) is 1. The summed E-state index contributed by atoms with van der Waals surface area (Å²) < 4.78 is 0. The second kappa shape index (κ2) is 6.23. The second-order valence-electron chi connectivity index (χ2n) is 12.5. The zero-order valence-electron chi connectivity index (χ0n) is 19.3. The van der Waals surface area contributed by atoms with Gasteiger partial charge < -0.3 is 5.11 Å². The smallest absolute Gasteiger partial charge is 0.130 e. The van der Waals surface area contributed by atoms with E-state index in [-0.39, 0.29) is 17.1 Å². The van der Waals surface area contributed by atoms with Gasteiger partial charge in [-0.2, -0.15) is 0 Å². The zero-order valence-corrected chi connectivity index (χ0v) is 19.3. The Morgan fingerprint density at radius 1 is 1.03 bits per heavy atom. The molecule has 2 spiro atoms.